The Morgan fingerprint density at radius 3 is 2.07 bits per heavy atom. The number of likely N-dealkylation sites (tertiary alicyclic amines) is 1. The Morgan fingerprint density at radius 2 is 1.71 bits per heavy atom. The van der Waals surface area contributed by atoms with E-state index in [9.17, 15) is 14.7 Å². The third-order valence-corrected chi connectivity index (χ3v) is 2.22. The van der Waals surface area contributed by atoms with Gasteiger partial charge in [-0.05, 0) is 0 Å². The molecule has 1 aliphatic heterocycles. The maximum Gasteiger partial charge on any atom is 0.230 e. The molecule has 1 heterocycles. The average molecular weight is 195 g/mol. The first kappa shape index (κ1) is 10.7. The van der Waals surface area contributed by atoms with Gasteiger partial charge in [0.25, 0.3) is 0 Å². The van der Waals surface area contributed by atoms with Crippen molar-refractivity contribution in [3.05, 3.63) is 25.3 Å². The molecule has 1 unspecified atom stereocenters. The van der Waals surface area contributed by atoms with Gasteiger partial charge in [-0.3, -0.25) is 14.5 Å². The normalized spacial score (nSPS) is 20.8. The number of rotatable bonds is 4. The number of aliphatic hydroxyl groups is 1. The molecular weight excluding hydrogens is 182 g/mol. The first-order chi connectivity index (χ1) is 6.61. The quantitative estimate of drug-likeness (QED) is 0.516. The fraction of sp³-hybridized carbons (Fsp3) is 0.400. The van der Waals surface area contributed by atoms with Crippen LogP contribution in [0.1, 0.15) is 12.8 Å². The van der Waals surface area contributed by atoms with Crippen LogP contribution in [0.5, 0.6) is 0 Å². The number of carbonyl (C=O) groups excluding carboxylic acids is 2. The second kappa shape index (κ2) is 4.19. The van der Waals surface area contributed by atoms with Crippen LogP contribution in [0.4, 0.5) is 0 Å². The molecule has 1 N–H and O–H groups in total. The summed E-state index contributed by atoms with van der Waals surface area (Å²) in [7, 11) is 0. The molecule has 14 heavy (non-hydrogen) atoms. The van der Waals surface area contributed by atoms with Crippen molar-refractivity contribution in [2.75, 3.05) is 0 Å². The van der Waals surface area contributed by atoms with Gasteiger partial charge < -0.3 is 5.11 Å². The van der Waals surface area contributed by atoms with Crippen LogP contribution in [0.3, 0.4) is 0 Å². The Morgan fingerprint density at radius 1 is 1.21 bits per heavy atom. The highest BCUT2D eigenvalue weighted by molar-refractivity contribution is 6.02. The summed E-state index contributed by atoms with van der Waals surface area (Å²) >= 11 is 0. The van der Waals surface area contributed by atoms with Crippen molar-refractivity contribution in [3.63, 3.8) is 0 Å². The predicted octanol–water partition coefficient (Wildman–Crippen LogP) is 0.237. The average Bonchev–Trinajstić information content (AvgIpc) is 2.50. The largest absolute Gasteiger partial charge is 0.387 e. The molecule has 1 saturated heterocycles. The van der Waals surface area contributed by atoms with Gasteiger partial charge in [0.1, 0.15) is 0 Å². The Hall–Kier alpha value is -1.42. The van der Waals surface area contributed by atoms with Gasteiger partial charge in [0.15, 0.2) is 0 Å². The van der Waals surface area contributed by atoms with E-state index in [1.54, 1.807) is 0 Å². The van der Waals surface area contributed by atoms with Gasteiger partial charge in [0, 0.05) is 12.8 Å². The van der Waals surface area contributed by atoms with Crippen LogP contribution in [-0.2, 0) is 9.59 Å². The Balaban J connectivity index is 2.87. The van der Waals surface area contributed by atoms with Crippen LogP contribution in [-0.4, -0.2) is 34.0 Å². The topological polar surface area (TPSA) is 57.6 Å². The van der Waals surface area contributed by atoms with E-state index in [0.717, 1.165) is 4.90 Å². The number of nitrogens with zero attached hydrogens (tertiary/aromatic N) is 1. The number of hydrogen-bond donors (Lipinski definition) is 1. The summed E-state index contributed by atoms with van der Waals surface area (Å²) in [5.74, 6) is -0.526. The Kier molecular flexibility index (Phi) is 3.19. The lowest BCUT2D eigenvalue weighted by Crippen LogP contribution is -2.44. The van der Waals surface area contributed by atoms with Gasteiger partial charge in [0.2, 0.25) is 11.8 Å². The molecule has 2 amide bonds. The van der Waals surface area contributed by atoms with Gasteiger partial charge in [-0.25, -0.2) is 0 Å². The van der Waals surface area contributed by atoms with Gasteiger partial charge in [-0.15, -0.1) is 13.2 Å². The molecule has 1 rings (SSSR count). The van der Waals surface area contributed by atoms with Crippen molar-refractivity contribution in [2.45, 2.75) is 25.0 Å². The van der Waals surface area contributed by atoms with Crippen LogP contribution in [0.25, 0.3) is 0 Å². The van der Waals surface area contributed by atoms with E-state index in [0.29, 0.717) is 0 Å². The van der Waals surface area contributed by atoms with Crippen LogP contribution in [0.2, 0.25) is 0 Å². The molecule has 0 aromatic rings. The summed E-state index contributed by atoms with van der Waals surface area (Å²) in [5.41, 5.74) is 0. The highest BCUT2D eigenvalue weighted by Gasteiger charge is 2.35. The molecule has 0 bridgehead atoms. The van der Waals surface area contributed by atoms with Crippen molar-refractivity contribution in [1.29, 1.82) is 0 Å². The Bertz CT molecular complexity index is 269. The van der Waals surface area contributed by atoms with Gasteiger partial charge >= 0.3 is 0 Å². The van der Waals surface area contributed by atoms with Crippen molar-refractivity contribution in [3.8, 4) is 0 Å². The van der Waals surface area contributed by atoms with Gasteiger partial charge in [-0.2, -0.15) is 0 Å². The molecule has 0 saturated carbocycles. The van der Waals surface area contributed by atoms with Crippen molar-refractivity contribution >= 4 is 11.8 Å². The van der Waals surface area contributed by atoms with Crippen molar-refractivity contribution in [1.82, 2.24) is 4.90 Å². The smallest absolute Gasteiger partial charge is 0.230 e. The molecule has 0 aromatic heterocycles. The fourth-order valence-corrected chi connectivity index (χ4v) is 1.46. The Labute approximate surface area is 82.5 Å². The van der Waals surface area contributed by atoms with E-state index >= 15 is 0 Å². The maximum absolute atomic E-state index is 11.3. The molecule has 4 heteroatoms. The molecule has 2 atom stereocenters. The minimum Gasteiger partial charge on any atom is -0.387 e. The molecule has 1 fully saturated rings. The molecule has 0 radical (unpaired) electrons. The molecule has 4 nitrogen and oxygen atoms in total. The maximum atomic E-state index is 11.3. The predicted molar refractivity (Wildman–Crippen MR) is 51.3 cm³/mol. The molecule has 1 aliphatic rings. The van der Waals surface area contributed by atoms with E-state index in [1.807, 2.05) is 0 Å². The SMILES string of the molecule is C=CC([C@H](O)C=C)N1C(=O)CCC1=O. The number of aliphatic hydroxyl groups excluding tert-OH is 1. The zero-order valence-electron chi connectivity index (χ0n) is 7.85. The van der Waals surface area contributed by atoms with Crippen LogP contribution in [0, 0.1) is 0 Å². The monoisotopic (exact) mass is 195 g/mol. The summed E-state index contributed by atoms with van der Waals surface area (Å²) in [5, 5.41) is 9.48. The third kappa shape index (κ3) is 1.75. The lowest BCUT2D eigenvalue weighted by atomic mass is 10.1. The summed E-state index contributed by atoms with van der Waals surface area (Å²) in [6.07, 6.45) is 2.15. The van der Waals surface area contributed by atoms with E-state index in [-0.39, 0.29) is 24.7 Å². The van der Waals surface area contributed by atoms with Crippen LogP contribution in [0.15, 0.2) is 25.3 Å². The van der Waals surface area contributed by atoms with Crippen molar-refractivity contribution < 1.29 is 14.7 Å². The lowest BCUT2D eigenvalue weighted by molar-refractivity contribution is -0.141. The number of imide groups is 1. The summed E-state index contributed by atoms with van der Waals surface area (Å²) in [6.45, 7) is 6.89. The highest BCUT2D eigenvalue weighted by Crippen LogP contribution is 2.18. The van der Waals surface area contributed by atoms with Gasteiger partial charge in [0.05, 0.1) is 12.1 Å². The van der Waals surface area contributed by atoms with E-state index in [2.05, 4.69) is 13.2 Å². The molecule has 0 spiro atoms. The summed E-state index contributed by atoms with van der Waals surface area (Å²) in [4.78, 5) is 23.7. The molecule has 76 valence electrons. The molecule has 0 aliphatic carbocycles. The number of carbonyl (C=O) groups is 2. The zero-order chi connectivity index (χ0) is 10.7. The standard InChI is InChI=1S/C10H13NO3/c1-3-7(8(12)4-2)11-9(13)5-6-10(11)14/h3-4,7-8,12H,1-2,5-6H2/t7?,8-/m1/s1. The van der Waals surface area contributed by atoms with E-state index in [1.165, 1.54) is 12.2 Å². The summed E-state index contributed by atoms with van der Waals surface area (Å²) in [6, 6.07) is -0.685. The highest BCUT2D eigenvalue weighted by atomic mass is 16.3. The summed E-state index contributed by atoms with van der Waals surface area (Å²) < 4.78 is 0. The fourth-order valence-electron chi connectivity index (χ4n) is 1.46. The zero-order valence-corrected chi connectivity index (χ0v) is 7.85. The minimum atomic E-state index is -0.946. The first-order valence-electron chi connectivity index (χ1n) is 4.40. The second-order valence-electron chi connectivity index (χ2n) is 3.11. The lowest BCUT2D eigenvalue weighted by Gasteiger charge is -2.25. The third-order valence-electron chi connectivity index (χ3n) is 2.22. The van der Waals surface area contributed by atoms with E-state index in [4.69, 9.17) is 0 Å². The molecular formula is C10H13NO3. The minimum absolute atomic E-state index is 0.215. The number of amides is 2. The van der Waals surface area contributed by atoms with E-state index < -0.39 is 12.1 Å². The second-order valence-corrected chi connectivity index (χ2v) is 3.11. The van der Waals surface area contributed by atoms with Crippen molar-refractivity contribution in [2.24, 2.45) is 0 Å². The van der Waals surface area contributed by atoms with Crippen LogP contribution < -0.4 is 0 Å². The number of hydrogen-bond acceptors (Lipinski definition) is 3. The first-order valence-corrected chi connectivity index (χ1v) is 4.40. The molecule has 0 aromatic carbocycles. The van der Waals surface area contributed by atoms with Crippen LogP contribution >= 0.6 is 0 Å². The van der Waals surface area contributed by atoms with Gasteiger partial charge in [-0.1, -0.05) is 12.2 Å².